The summed E-state index contributed by atoms with van der Waals surface area (Å²) in [7, 11) is 1.58. The van der Waals surface area contributed by atoms with E-state index in [0.29, 0.717) is 24.5 Å². The lowest BCUT2D eigenvalue weighted by Crippen LogP contribution is -2.25. The van der Waals surface area contributed by atoms with Crippen molar-refractivity contribution in [1.82, 2.24) is 5.32 Å². The molecule has 2 aromatic rings. The minimum absolute atomic E-state index is 0.103. The number of amides is 1. The van der Waals surface area contributed by atoms with Crippen molar-refractivity contribution in [3.63, 3.8) is 0 Å². The van der Waals surface area contributed by atoms with Gasteiger partial charge in [0.1, 0.15) is 11.5 Å². The summed E-state index contributed by atoms with van der Waals surface area (Å²) in [6, 6.07) is 16.7. The number of rotatable bonds is 7. The van der Waals surface area contributed by atoms with E-state index in [1.54, 1.807) is 25.3 Å². The van der Waals surface area contributed by atoms with Gasteiger partial charge in [-0.2, -0.15) is 0 Å². The van der Waals surface area contributed by atoms with Gasteiger partial charge in [-0.3, -0.25) is 4.79 Å². The maximum atomic E-state index is 11.9. The predicted octanol–water partition coefficient (Wildman–Crippen LogP) is 2.89. The minimum atomic E-state index is -0.103. The number of benzene rings is 2. The van der Waals surface area contributed by atoms with Crippen molar-refractivity contribution < 1.29 is 14.3 Å². The van der Waals surface area contributed by atoms with E-state index in [4.69, 9.17) is 9.47 Å². The Labute approximate surface area is 124 Å². The highest BCUT2D eigenvalue weighted by Crippen LogP contribution is 2.12. The highest BCUT2D eigenvalue weighted by molar-refractivity contribution is 5.94. The molecule has 0 unspecified atom stereocenters. The summed E-state index contributed by atoms with van der Waals surface area (Å²) in [6.07, 6.45) is 0.755. The second-order valence-corrected chi connectivity index (χ2v) is 4.50. The van der Waals surface area contributed by atoms with Gasteiger partial charge in [0, 0.05) is 12.1 Å². The Hall–Kier alpha value is -2.49. The molecule has 4 heteroatoms. The molecule has 4 nitrogen and oxygen atoms in total. The van der Waals surface area contributed by atoms with Crippen LogP contribution in [0, 0.1) is 0 Å². The number of para-hydroxylation sites is 1. The molecule has 2 rings (SSSR count). The number of hydrogen-bond donors (Lipinski definition) is 1. The van der Waals surface area contributed by atoms with Crippen molar-refractivity contribution in [2.24, 2.45) is 0 Å². The largest absolute Gasteiger partial charge is 0.497 e. The van der Waals surface area contributed by atoms with Gasteiger partial charge in [-0.25, -0.2) is 0 Å². The van der Waals surface area contributed by atoms with E-state index in [1.165, 1.54) is 0 Å². The molecule has 0 aromatic heterocycles. The summed E-state index contributed by atoms with van der Waals surface area (Å²) in [4.78, 5) is 11.9. The van der Waals surface area contributed by atoms with Crippen LogP contribution in [0.15, 0.2) is 54.6 Å². The van der Waals surface area contributed by atoms with E-state index in [-0.39, 0.29) is 5.91 Å². The van der Waals surface area contributed by atoms with Crippen LogP contribution in [0.5, 0.6) is 11.5 Å². The number of ether oxygens (including phenoxy) is 2. The Morgan fingerprint density at radius 3 is 2.57 bits per heavy atom. The molecule has 0 saturated heterocycles. The highest BCUT2D eigenvalue weighted by atomic mass is 16.5. The first-order chi connectivity index (χ1) is 10.3. The first kappa shape index (κ1) is 14.9. The van der Waals surface area contributed by atoms with Crippen molar-refractivity contribution in [2.45, 2.75) is 6.42 Å². The molecule has 0 heterocycles. The number of methoxy groups -OCH3 is 1. The third-order valence-corrected chi connectivity index (χ3v) is 2.95. The van der Waals surface area contributed by atoms with Gasteiger partial charge in [-0.15, -0.1) is 0 Å². The van der Waals surface area contributed by atoms with E-state index in [9.17, 15) is 4.79 Å². The Morgan fingerprint density at radius 2 is 1.81 bits per heavy atom. The average molecular weight is 285 g/mol. The lowest BCUT2D eigenvalue weighted by Gasteiger charge is -2.08. The molecule has 0 radical (unpaired) electrons. The first-order valence-electron chi connectivity index (χ1n) is 6.89. The lowest BCUT2D eigenvalue weighted by molar-refractivity contribution is 0.0951. The second kappa shape index (κ2) is 7.94. The Bertz CT molecular complexity index is 569. The van der Waals surface area contributed by atoms with E-state index in [1.807, 2.05) is 36.4 Å². The van der Waals surface area contributed by atoms with Gasteiger partial charge in [-0.1, -0.05) is 24.3 Å². The van der Waals surface area contributed by atoms with Crippen LogP contribution in [0.2, 0.25) is 0 Å². The van der Waals surface area contributed by atoms with E-state index in [0.717, 1.165) is 12.2 Å². The summed E-state index contributed by atoms with van der Waals surface area (Å²) < 4.78 is 10.7. The van der Waals surface area contributed by atoms with Gasteiger partial charge < -0.3 is 14.8 Å². The van der Waals surface area contributed by atoms with Crippen LogP contribution in [-0.2, 0) is 0 Å². The smallest absolute Gasteiger partial charge is 0.251 e. The molecule has 110 valence electrons. The van der Waals surface area contributed by atoms with Crippen LogP contribution in [0.4, 0.5) is 0 Å². The number of carbonyl (C=O) groups excluding carboxylic acids is 1. The van der Waals surface area contributed by atoms with Gasteiger partial charge in [0.25, 0.3) is 5.91 Å². The predicted molar refractivity (Wildman–Crippen MR) is 81.9 cm³/mol. The minimum Gasteiger partial charge on any atom is -0.497 e. The lowest BCUT2D eigenvalue weighted by atomic mass is 10.2. The molecule has 0 fully saturated rings. The van der Waals surface area contributed by atoms with Crippen LogP contribution in [0.3, 0.4) is 0 Å². The van der Waals surface area contributed by atoms with Gasteiger partial charge in [0.05, 0.1) is 13.7 Å². The molecular weight excluding hydrogens is 266 g/mol. The number of carbonyl (C=O) groups is 1. The number of nitrogens with one attached hydrogen (secondary N) is 1. The van der Waals surface area contributed by atoms with Gasteiger partial charge in [-0.05, 0) is 36.8 Å². The summed E-state index contributed by atoms with van der Waals surface area (Å²) in [5.74, 6) is 1.42. The molecule has 0 aliphatic carbocycles. The molecule has 21 heavy (non-hydrogen) atoms. The normalized spacial score (nSPS) is 9.95. The van der Waals surface area contributed by atoms with Crippen LogP contribution < -0.4 is 14.8 Å². The maximum absolute atomic E-state index is 11.9. The SMILES string of the molecule is COc1cccc(C(=O)NCCCOc2ccccc2)c1. The molecule has 1 N–H and O–H groups in total. The van der Waals surface area contributed by atoms with Crippen LogP contribution in [-0.4, -0.2) is 26.2 Å². The molecule has 1 amide bonds. The maximum Gasteiger partial charge on any atom is 0.251 e. The first-order valence-corrected chi connectivity index (χ1v) is 6.89. The fourth-order valence-electron chi connectivity index (χ4n) is 1.85. The van der Waals surface area contributed by atoms with Gasteiger partial charge in [0.15, 0.2) is 0 Å². The Balaban J connectivity index is 1.69. The summed E-state index contributed by atoms with van der Waals surface area (Å²) in [5, 5.41) is 2.86. The molecule has 0 aliphatic heterocycles. The van der Waals surface area contributed by atoms with Crippen molar-refractivity contribution >= 4 is 5.91 Å². The second-order valence-electron chi connectivity index (χ2n) is 4.50. The van der Waals surface area contributed by atoms with Gasteiger partial charge >= 0.3 is 0 Å². The molecule has 0 saturated carbocycles. The fraction of sp³-hybridized carbons (Fsp3) is 0.235. The van der Waals surface area contributed by atoms with E-state index >= 15 is 0 Å². The van der Waals surface area contributed by atoms with Crippen LogP contribution in [0.25, 0.3) is 0 Å². The molecule has 0 bridgehead atoms. The molecule has 0 atom stereocenters. The molecule has 0 aliphatic rings. The fourth-order valence-corrected chi connectivity index (χ4v) is 1.85. The van der Waals surface area contributed by atoms with Crippen molar-refractivity contribution in [3.05, 3.63) is 60.2 Å². The zero-order valence-corrected chi connectivity index (χ0v) is 12.0. The van der Waals surface area contributed by atoms with Crippen molar-refractivity contribution in [2.75, 3.05) is 20.3 Å². The van der Waals surface area contributed by atoms with Gasteiger partial charge in [0.2, 0.25) is 0 Å². The zero-order valence-electron chi connectivity index (χ0n) is 12.0. The molecule has 2 aromatic carbocycles. The van der Waals surface area contributed by atoms with Crippen molar-refractivity contribution in [3.8, 4) is 11.5 Å². The zero-order chi connectivity index (χ0) is 14.9. The quantitative estimate of drug-likeness (QED) is 0.796. The third kappa shape index (κ3) is 4.84. The van der Waals surface area contributed by atoms with E-state index in [2.05, 4.69) is 5.32 Å². The average Bonchev–Trinajstić information content (AvgIpc) is 2.55. The Morgan fingerprint density at radius 1 is 1.05 bits per heavy atom. The monoisotopic (exact) mass is 285 g/mol. The van der Waals surface area contributed by atoms with Crippen LogP contribution in [0.1, 0.15) is 16.8 Å². The van der Waals surface area contributed by atoms with Crippen molar-refractivity contribution in [1.29, 1.82) is 0 Å². The summed E-state index contributed by atoms with van der Waals surface area (Å²) in [6.45, 7) is 1.14. The summed E-state index contributed by atoms with van der Waals surface area (Å²) >= 11 is 0. The van der Waals surface area contributed by atoms with Crippen LogP contribution >= 0.6 is 0 Å². The summed E-state index contributed by atoms with van der Waals surface area (Å²) in [5.41, 5.74) is 0.596. The number of hydrogen-bond acceptors (Lipinski definition) is 3. The highest BCUT2D eigenvalue weighted by Gasteiger charge is 2.05. The standard InChI is InChI=1S/C17H19NO3/c1-20-16-10-5-7-14(13-16)17(19)18-11-6-12-21-15-8-3-2-4-9-15/h2-5,7-10,13H,6,11-12H2,1H3,(H,18,19). The third-order valence-electron chi connectivity index (χ3n) is 2.95. The topological polar surface area (TPSA) is 47.6 Å². The molecule has 0 spiro atoms. The molecular formula is C17H19NO3. The Kier molecular flexibility index (Phi) is 5.64. The van der Waals surface area contributed by atoms with E-state index < -0.39 is 0 Å².